The molecule has 1 atom stereocenters. The van der Waals surface area contributed by atoms with E-state index in [1.54, 1.807) is 0 Å². The summed E-state index contributed by atoms with van der Waals surface area (Å²) in [5, 5.41) is 9.53. The van der Waals surface area contributed by atoms with Crippen LogP contribution < -0.4 is 4.74 Å². The minimum Gasteiger partial charge on any atom is -0.486 e. The lowest BCUT2D eigenvalue weighted by Gasteiger charge is -2.33. The van der Waals surface area contributed by atoms with Gasteiger partial charge < -0.3 is 14.2 Å². The van der Waals surface area contributed by atoms with Crippen LogP contribution in [0.2, 0.25) is 0 Å². The number of benzene rings is 1. The summed E-state index contributed by atoms with van der Waals surface area (Å²) in [5.41, 5.74) is 1.29. The van der Waals surface area contributed by atoms with E-state index in [1.807, 2.05) is 17.0 Å². The zero-order valence-corrected chi connectivity index (χ0v) is 19.5. The second kappa shape index (κ2) is 10.8. The van der Waals surface area contributed by atoms with Gasteiger partial charge in [0.2, 0.25) is 5.91 Å². The van der Waals surface area contributed by atoms with Gasteiger partial charge in [-0.3, -0.25) is 4.79 Å². The van der Waals surface area contributed by atoms with Gasteiger partial charge in [-0.1, -0.05) is 44.7 Å². The van der Waals surface area contributed by atoms with Crippen molar-refractivity contribution in [2.24, 2.45) is 5.92 Å². The minimum absolute atomic E-state index is 0.195. The summed E-state index contributed by atoms with van der Waals surface area (Å²) in [6.45, 7) is 10.7. The number of piperidine rings is 1. The molecule has 1 saturated heterocycles. The third kappa shape index (κ3) is 6.00. The molecular weight excluding hydrogens is 396 g/mol. The summed E-state index contributed by atoms with van der Waals surface area (Å²) >= 11 is 1.48. The molecule has 0 saturated carbocycles. The van der Waals surface area contributed by atoms with Crippen molar-refractivity contribution in [3.8, 4) is 5.75 Å². The molecule has 0 aliphatic carbocycles. The first-order chi connectivity index (χ1) is 14.5. The molecule has 0 spiro atoms. The Kier molecular flexibility index (Phi) is 8.19. The smallest absolute Gasteiger partial charge is 0.233 e. The predicted octanol–water partition coefficient (Wildman–Crippen LogP) is 4.57. The Morgan fingerprint density at radius 3 is 2.67 bits per heavy atom. The lowest BCUT2D eigenvalue weighted by Crippen LogP contribution is -2.43. The Morgan fingerprint density at radius 2 is 2.00 bits per heavy atom. The molecule has 1 aromatic carbocycles. The van der Waals surface area contributed by atoms with Crippen molar-refractivity contribution in [3.05, 3.63) is 35.7 Å². The van der Waals surface area contributed by atoms with Crippen LogP contribution in [0.1, 0.15) is 58.3 Å². The normalized spacial score (nSPS) is 16.8. The van der Waals surface area contributed by atoms with Gasteiger partial charge in [-0.05, 0) is 56.2 Å². The standard InChI is InChI=1S/C23H34N4O2S/c1-5-19-9-11-20(12-10-19)29-15-21-24-25-23(27(21)14-17(2)3)30-16-22(28)26-13-7-6-8-18(26)4/h9-12,17-18H,5-8,13-16H2,1-4H3/t18-/m1/s1. The maximum atomic E-state index is 12.7. The Bertz CT molecular complexity index is 819. The number of hydrogen-bond acceptors (Lipinski definition) is 5. The topological polar surface area (TPSA) is 60.3 Å². The highest BCUT2D eigenvalue weighted by atomic mass is 32.2. The fraction of sp³-hybridized carbons (Fsp3) is 0.609. The van der Waals surface area contributed by atoms with Gasteiger partial charge in [0, 0.05) is 19.1 Å². The van der Waals surface area contributed by atoms with E-state index >= 15 is 0 Å². The van der Waals surface area contributed by atoms with E-state index in [0.29, 0.717) is 24.3 Å². The molecule has 3 rings (SSSR count). The molecular formula is C23H34N4O2S. The van der Waals surface area contributed by atoms with Gasteiger partial charge in [0.1, 0.15) is 12.4 Å². The summed E-state index contributed by atoms with van der Waals surface area (Å²) in [6.07, 6.45) is 4.43. The Labute approximate surface area is 184 Å². The summed E-state index contributed by atoms with van der Waals surface area (Å²) in [7, 11) is 0. The van der Waals surface area contributed by atoms with Gasteiger partial charge >= 0.3 is 0 Å². The first kappa shape index (κ1) is 22.7. The molecule has 1 fully saturated rings. The zero-order chi connectivity index (χ0) is 21.5. The summed E-state index contributed by atoms with van der Waals surface area (Å²) in [4.78, 5) is 14.7. The van der Waals surface area contributed by atoms with Crippen molar-refractivity contribution >= 4 is 17.7 Å². The highest BCUT2D eigenvalue weighted by molar-refractivity contribution is 7.99. The number of likely N-dealkylation sites (tertiary alicyclic amines) is 1. The number of thioether (sulfide) groups is 1. The molecule has 1 aliphatic heterocycles. The molecule has 1 aromatic heterocycles. The Hall–Kier alpha value is -2.02. The number of rotatable bonds is 9. The number of ether oxygens (including phenoxy) is 1. The largest absolute Gasteiger partial charge is 0.486 e. The number of amides is 1. The van der Waals surface area contributed by atoms with Crippen LogP contribution in [-0.4, -0.2) is 43.9 Å². The third-order valence-corrected chi connectivity index (χ3v) is 6.44. The highest BCUT2D eigenvalue weighted by Gasteiger charge is 2.24. The Balaban J connectivity index is 1.64. The van der Waals surface area contributed by atoms with Crippen molar-refractivity contribution in [1.29, 1.82) is 0 Å². The average molecular weight is 431 g/mol. The van der Waals surface area contributed by atoms with Crippen molar-refractivity contribution in [1.82, 2.24) is 19.7 Å². The SMILES string of the molecule is CCc1ccc(OCc2nnc(SCC(=O)N3CCCC[C@H]3C)n2CC(C)C)cc1. The monoisotopic (exact) mass is 430 g/mol. The van der Waals surface area contributed by atoms with Crippen molar-refractivity contribution < 1.29 is 9.53 Å². The molecule has 1 aliphatic rings. The first-order valence-corrected chi connectivity index (χ1v) is 12.0. The maximum Gasteiger partial charge on any atom is 0.233 e. The van der Waals surface area contributed by atoms with Gasteiger partial charge in [-0.2, -0.15) is 0 Å². The quantitative estimate of drug-likeness (QED) is 0.546. The number of carbonyl (C=O) groups excluding carboxylic acids is 1. The summed E-state index contributed by atoms with van der Waals surface area (Å²) in [6, 6.07) is 8.50. The predicted molar refractivity (Wildman–Crippen MR) is 121 cm³/mol. The van der Waals surface area contributed by atoms with E-state index in [0.717, 1.165) is 49.1 Å². The van der Waals surface area contributed by atoms with Crippen molar-refractivity contribution in [2.45, 2.75) is 77.7 Å². The van der Waals surface area contributed by atoms with Crippen molar-refractivity contribution in [3.63, 3.8) is 0 Å². The molecule has 2 aromatic rings. The fourth-order valence-electron chi connectivity index (χ4n) is 3.73. The summed E-state index contributed by atoms with van der Waals surface area (Å²) < 4.78 is 8.05. The first-order valence-electron chi connectivity index (χ1n) is 11.0. The van der Waals surface area contributed by atoms with Crippen LogP contribution in [0.4, 0.5) is 0 Å². The second-order valence-electron chi connectivity index (χ2n) is 8.41. The molecule has 164 valence electrons. The molecule has 30 heavy (non-hydrogen) atoms. The number of nitrogens with zero attached hydrogens (tertiary/aromatic N) is 4. The molecule has 7 heteroatoms. The number of hydrogen-bond donors (Lipinski definition) is 0. The van der Waals surface area contributed by atoms with E-state index < -0.39 is 0 Å². The molecule has 6 nitrogen and oxygen atoms in total. The fourth-order valence-corrected chi connectivity index (χ4v) is 4.58. The Morgan fingerprint density at radius 1 is 1.23 bits per heavy atom. The van der Waals surface area contributed by atoms with E-state index in [9.17, 15) is 4.79 Å². The highest BCUT2D eigenvalue weighted by Crippen LogP contribution is 2.23. The van der Waals surface area contributed by atoms with E-state index in [1.165, 1.54) is 23.7 Å². The lowest BCUT2D eigenvalue weighted by molar-refractivity contribution is -0.131. The molecule has 0 N–H and O–H groups in total. The van der Waals surface area contributed by atoms with Crippen LogP contribution >= 0.6 is 11.8 Å². The van der Waals surface area contributed by atoms with Crippen LogP contribution in [0.25, 0.3) is 0 Å². The molecule has 0 bridgehead atoms. The van der Waals surface area contributed by atoms with Crippen LogP contribution in [0.3, 0.4) is 0 Å². The number of carbonyl (C=O) groups is 1. The van der Waals surface area contributed by atoms with Gasteiger partial charge in [0.15, 0.2) is 11.0 Å². The van der Waals surface area contributed by atoms with Crippen LogP contribution in [0.15, 0.2) is 29.4 Å². The summed E-state index contributed by atoms with van der Waals surface area (Å²) in [5.74, 6) is 2.67. The van der Waals surface area contributed by atoms with E-state index in [2.05, 4.69) is 54.6 Å². The number of aryl methyl sites for hydroxylation is 1. The average Bonchev–Trinajstić information content (AvgIpc) is 3.12. The van der Waals surface area contributed by atoms with Crippen molar-refractivity contribution in [2.75, 3.05) is 12.3 Å². The third-order valence-electron chi connectivity index (χ3n) is 5.49. The lowest BCUT2D eigenvalue weighted by atomic mass is 10.0. The van der Waals surface area contributed by atoms with Crippen LogP contribution in [0.5, 0.6) is 5.75 Å². The zero-order valence-electron chi connectivity index (χ0n) is 18.6. The molecule has 0 radical (unpaired) electrons. The second-order valence-corrected chi connectivity index (χ2v) is 9.35. The van der Waals surface area contributed by atoms with Gasteiger partial charge in [-0.25, -0.2) is 0 Å². The van der Waals surface area contributed by atoms with E-state index in [4.69, 9.17) is 4.74 Å². The van der Waals surface area contributed by atoms with Crippen LogP contribution in [-0.2, 0) is 24.4 Å². The van der Waals surface area contributed by atoms with Crippen LogP contribution in [0, 0.1) is 5.92 Å². The van der Waals surface area contributed by atoms with Gasteiger partial charge in [0.05, 0.1) is 5.75 Å². The van der Waals surface area contributed by atoms with Gasteiger partial charge in [0.25, 0.3) is 0 Å². The minimum atomic E-state index is 0.195. The molecule has 0 unspecified atom stereocenters. The maximum absolute atomic E-state index is 12.7. The molecule has 2 heterocycles. The molecule has 1 amide bonds. The van der Waals surface area contributed by atoms with Gasteiger partial charge in [-0.15, -0.1) is 10.2 Å². The van der Waals surface area contributed by atoms with E-state index in [-0.39, 0.29) is 5.91 Å². The number of aromatic nitrogens is 3.